The van der Waals surface area contributed by atoms with Gasteiger partial charge in [0.15, 0.2) is 0 Å². The van der Waals surface area contributed by atoms with E-state index < -0.39 is 0 Å². The van der Waals surface area contributed by atoms with Crippen molar-refractivity contribution in [3.63, 3.8) is 0 Å². The minimum Gasteiger partial charge on any atom is -0.394 e. The molecule has 2 N–H and O–H groups in total. The zero-order chi connectivity index (χ0) is 15.1. The summed E-state index contributed by atoms with van der Waals surface area (Å²) >= 11 is 0. The van der Waals surface area contributed by atoms with E-state index in [1.54, 1.807) is 0 Å². The summed E-state index contributed by atoms with van der Waals surface area (Å²) in [5.41, 5.74) is 0.866. The number of aliphatic hydroxyl groups is 1. The lowest BCUT2D eigenvalue weighted by Gasteiger charge is -2.37. The molecule has 118 valence electrons. The van der Waals surface area contributed by atoms with Gasteiger partial charge >= 0.3 is 0 Å². The maximum atomic E-state index is 10.1. The first-order valence-corrected chi connectivity index (χ1v) is 8.33. The molecule has 1 fully saturated rings. The van der Waals surface area contributed by atoms with E-state index in [1.165, 1.54) is 37.7 Å². The molecule has 3 nitrogen and oxygen atoms in total. The van der Waals surface area contributed by atoms with Gasteiger partial charge in [-0.25, -0.2) is 0 Å². The fraction of sp³-hybridized carbons (Fsp3) is 0.667. The Labute approximate surface area is 129 Å². The van der Waals surface area contributed by atoms with Gasteiger partial charge in [0.25, 0.3) is 0 Å². The van der Waals surface area contributed by atoms with Crippen LogP contribution < -0.4 is 5.32 Å². The molecule has 1 aromatic carbocycles. The molecule has 0 heterocycles. The lowest BCUT2D eigenvalue weighted by molar-refractivity contribution is 0.115. The summed E-state index contributed by atoms with van der Waals surface area (Å²) in [6.07, 6.45) is 6.21. The van der Waals surface area contributed by atoms with Crippen LogP contribution in [0.5, 0.6) is 0 Å². The lowest BCUT2D eigenvalue weighted by atomic mass is 9.89. The monoisotopic (exact) mass is 290 g/mol. The standard InChI is InChI=1S/C18H30N2O/c1-3-4-8-13-20(2)14-18(15-21,19-17-11-12-17)16-9-6-5-7-10-16/h5-7,9-10,17,19,21H,3-4,8,11-15H2,1-2H3. The minimum absolute atomic E-state index is 0.144. The third-order valence-corrected chi connectivity index (χ3v) is 4.34. The molecule has 0 radical (unpaired) electrons. The highest BCUT2D eigenvalue weighted by Crippen LogP contribution is 2.29. The third kappa shape index (κ3) is 4.80. The van der Waals surface area contributed by atoms with Crippen molar-refractivity contribution in [1.82, 2.24) is 10.2 Å². The fourth-order valence-electron chi connectivity index (χ4n) is 2.95. The van der Waals surface area contributed by atoms with Crippen LogP contribution in [0.3, 0.4) is 0 Å². The first-order chi connectivity index (χ1) is 10.2. The van der Waals surface area contributed by atoms with Crippen LogP contribution >= 0.6 is 0 Å². The topological polar surface area (TPSA) is 35.5 Å². The molecule has 21 heavy (non-hydrogen) atoms. The molecule has 1 atom stereocenters. The van der Waals surface area contributed by atoms with E-state index in [2.05, 4.69) is 48.5 Å². The Kier molecular flexibility index (Phi) is 6.22. The predicted molar refractivity (Wildman–Crippen MR) is 88.4 cm³/mol. The van der Waals surface area contributed by atoms with Crippen LogP contribution in [0.25, 0.3) is 0 Å². The van der Waals surface area contributed by atoms with Crippen molar-refractivity contribution in [2.75, 3.05) is 26.7 Å². The molecular weight excluding hydrogens is 260 g/mol. The van der Waals surface area contributed by atoms with Gasteiger partial charge in [-0.05, 0) is 38.4 Å². The van der Waals surface area contributed by atoms with E-state index in [0.29, 0.717) is 6.04 Å². The van der Waals surface area contributed by atoms with Crippen molar-refractivity contribution in [3.05, 3.63) is 35.9 Å². The maximum absolute atomic E-state index is 10.1. The number of rotatable bonds is 10. The Balaban J connectivity index is 2.07. The number of benzene rings is 1. The molecule has 0 aliphatic heterocycles. The van der Waals surface area contributed by atoms with E-state index in [0.717, 1.165) is 13.1 Å². The molecule has 1 aromatic rings. The van der Waals surface area contributed by atoms with E-state index in [-0.39, 0.29) is 12.1 Å². The van der Waals surface area contributed by atoms with Crippen LogP contribution in [0.15, 0.2) is 30.3 Å². The number of nitrogens with zero attached hydrogens (tertiary/aromatic N) is 1. The summed E-state index contributed by atoms with van der Waals surface area (Å²) in [6, 6.07) is 11.0. The second-order valence-electron chi connectivity index (χ2n) is 6.47. The van der Waals surface area contributed by atoms with Gasteiger partial charge in [-0.2, -0.15) is 0 Å². The van der Waals surface area contributed by atoms with Crippen LogP contribution in [0.1, 0.15) is 44.6 Å². The summed E-state index contributed by atoms with van der Waals surface area (Å²) in [5, 5.41) is 13.8. The predicted octanol–water partition coefficient (Wildman–Crippen LogP) is 2.75. The summed E-state index contributed by atoms with van der Waals surface area (Å²) in [7, 11) is 2.16. The van der Waals surface area contributed by atoms with Gasteiger partial charge < -0.3 is 15.3 Å². The van der Waals surface area contributed by atoms with Gasteiger partial charge in [-0.3, -0.25) is 0 Å². The van der Waals surface area contributed by atoms with E-state index in [4.69, 9.17) is 0 Å². The number of unbranched alkanes of at least 4 members (excludes halogenated alkanes) is 2. The lowest BCUT2D eigenvalue weighted by Crippen LogP contribution is -2.54. The molecule has 0 saturated heterocycles. The average Bonchev–Trinajstić information content (AvgIpc) is 3.31. The second-order valence-corrected chi connectivity index (χ2v) is 6.47. The number of hydrogen-bond donors (Lipinski definition) is 2. The molecule has 0 amide bonds. The molecule has 3 heteroatoms. The number of nitrogens with one attached hydrogen (secondary N) is 1. The van der Waals surface area contributed by atoms with Gasteiger partial charge in [-0.15, -0.1) is 0 Å². The van der Waals surface area contributed by atoms with Crippen molar-refractivity contribution >= 4 is 0 Å². The van der Waals surface area contributed by atoms with Crippen molar-refractivity contribution in [3.8, 4) is 0 Å². The van der Waals surface area contributed by atoms with Crippen LogP contribution in [0, 0.1) is 0 Å². The molecule has 1 aliphatic carbocycles. The Morgan fingerprint density at radius 2 is 1.95 bits per heavy atom. The highest BCUT2D eigenvalue weighted by atomic mass is 16.3. The summed E-state index contributed by atoms with van der Waals surface area (Å²) in [5.74, 6) is 0. The molecule has 1 unspecified atom stereocenters. The van der Waals surface area contributed by atoms with Gasteiger partial charge in [0, 0.05) is 12.6 Å². The van der Waals surface area contributed by atoms with Gasteiger partial charge in [0.05, 0.1) is 12.1 Å². The van der Waals surface area contributed by atoms with Gasteiger partial charge in [0.2, 0.25) is 0 Å². The zero-order valence-corrected chi connectivity index (χ0v) is 13.5. The average molecular weight is 290 g/mol. The van der Waals surface area contributed by atoms with E-state index in [9.17, 15) is 5.11 Å². The molecule has 1 saturated carbocycles. The Bertz CT molecular complexity index is 405. The van der Waals surface area contributed by atoms with Gasteiger partial charge in [0.1, 0.15) is 0 Å². The number of aliphatic hydroxyl groups excluding tert-OH is 1. The zero-order valence-electron chi connectivity index (χ0n) is 13.5. The van der Waals surface area contributed by atoms with Crippen LogP contribution in [-0.4, -0.2) is 42.8 Å². The van der Waals surface area contributed by atoms with Gasteiger partial charge in [-0.1, -0.05) is 50.1 Å². The maximum Gasteiger partial charge on any atom is 0.0799 e. The minimum atomic E-state index is -0.330. The summed E-state index contributed by atoms with van der Waals surface area (Å²) in [4.78, 5) is 2.36. The van der Waals surface area contributed by atoms with Crippen LogP contribution in [-0.2, 0) is 5.54 Å². The Hall–Kier alpha value is -0.900. The molecular formula is C18H30N2O. The highest BCUT2D eigenvalue weighted by molar-refractivity contribution is 5.26. The molecule has 0 bridgehead atoms. The fourth-order valence-corrected chi connectivity index (χ4v) is 2.95. The number of hydrogen-bond acceptors (Lipinski definition) is 3. The van der Waals surface area contributed by atoms with Crippen molar-refractivity contribution in [2.24, 2.45) is 0 Å². The first-order valence-electron chi connectivity index (χ1n) is 8.33. The quantitative estimate of drug-likeness (QED) is 0.650. The molecule has 1 aliphatic rings. The Morgan fingerprint density at radius 1 is 1.24 bits per heavy atom. The van der Waals surface area contributed by atoms with Crippen molar-refractivity contribution < 1.29 is 5.11 Å². The first kappa shape index (κ1) is 16.5. The summed E-state index contributed by atoms with van der Waals surface area (Å²) < 4.78 is 0. The van der Waals surface area contributed by atoms with Crippen molar-refractivity contribution in [2.45, 2.75) is 50.6 Å². The van der Waals surface area contributed by atoms with Crippen LogP contribution in [0.4, 0.5) is 0 Å². The SMILES string of the molecule is CCCCCN(C)CC(CO)(NC1CC1)c1ccccc1. The molecule has 0 spiro atoms. The van der Waals surface area contributed by atoms with E-state index >= 15 is 0 Å². The van der Waals surface area contributed by atoms with E-state index in [1.807, 2.05) is 6.07 Å². The smallest absolute Gasteiger partial charge is 0.0799 e. The number of likely N-dealkylation sites (N-methyl/N-ethyl adjacent to an activating group) is 1. The molecule has 0 aromatic heterocycles. The molecule has 2 rings (SSSR count). The highest BCUT2D eigenvalue weighted by Gasteiger charge is 2.37. The second kappa shape index (κ2) is 7.92. The van der Waals surface area contributed by atoms with Crippen LogP contribution in [0.2, 0.25) is 0 Å². The third-order valence-electron chi connectivity index (χ3n) is 4.34. The van der Waals surface area contributed by atoms with Crippen molar-refractivity contribution in [1.29, 1.82) is 0 Å². The Morgan fingerprint density at radius 3 is 2.52 bits per heavy atom. The summed E-state index contributed by atoms with van der Waals surface area (Å²) in [6.45, 7) is 4.32. The normalized spacial score (nSPS) is 17.9. The largest absolute Gasteiger partial charge is 0.394 e.